The van der Waals surface area contributed by atoms with Crippen LogP contribution in [-0.4, -0.2) is 87.3 Å². The number of imide groups is 1. The van der Waals surface area contributed by atoms with Gasteiger partial charge in [-0.25, -0.2) is 0 Å². The molecule has 0 spiro atoms. The second kappa shape index (κ2) is 12.3. The van der Waals surface area contributed by atoms with Crippen LogP contribution in [0.1, 0.15) is 53.9 Å². The summed E-state index contributed by atoms with van der Waals surface area (Å²) in [6, 6.07) is -3.09. The molecule has 13 heteroatoms. The fraction of sp³-hybridized carbons (Fsp3) is 0.700. The summed E-state index contributed by atoms with van der Waals surface area (Å²) >= 11 is 0. The van der Waals surface area contributed by atoms with Gasteiger partial charge in [-0.2, -0.15) is 0 Å². The second-order valence-corrected chi connectivity index (χ2v) is 8.31. The van der Waals surface area contributed by atoms with E-state index in [1.807, 2.05) is 5.32 Å². The molecule has 0 aromatic heterocycles. The Labute approximate surface area is 192 Å². The van der Waals surface area contributed by atoms with Gasteiger partial charge in [-0.15, -0.1) is 0 Å². The first-order valence-electron chi connectivity index (χ1n) is 10.7. The van der Waals surface area contributed by atoms with Gasteiger partial charge in [0.15, 0.2) is 0 Å². The van der Waals surface area contributed by atoms with E-state index in [1.54, 1.807) is 13.8 Å². The number of aliphatic hydroxyl groups excluding tert-OH is 1. The predicted molar refractivity (Wildman–Crippen MR) is 116 cm³/mol. The van der Waals surface area contributed by atoms with Crippen LogP contribution < -0.4 is 21.8 Å². The number of amides is 6. The number of nitrogens with zero attached hydrogens (tertiary/aromatic N) is 2. The molecule has 0 aliphatic carbocycles. The van der Waals surface area contributed by atoms with E-state index >= 15 is 0 Å². The number of carbonyl (C=O) groups excluding carboxylic acids is 6. The molecule has 0 radical (unpaired) electrons. The molecule has 0 aromatic carbocycles. The van der Waals surface area contributed by atoms with E-state index in [-0.39, 0.29) is 0 Å². The van der Waals surface area contributed by atoms with Crippen LogP contribution in [0.15, 0.2) is 0 Å². The standard InChI is InChI=1S/C20H34N6O7/c1-10(2)26(16(29)9-15(28)19(32)23-13(5)27)24-18(31)14-7-6-8-25(14)20(33)12(4)22-17(30)11(3)21/h10-12,14-15,28H,6-9,21H2,1-5H3,(H,22,30)(H,24,31)(H,23,27,32)/t11-,12-,14-,15?/m0/s1. The van der Waals surface area contributed by atoms with Gasteiger partial charge in [-0.05, 0) is 40.5 Å². The first-order chi connectivity index (χ1) is 15.3. The lowest BCUT2D eigenvalue weighted by atomic mass is 10.2. The third kappa shape index (κ3) is 8.09. The zero-order valence-electron chi connectivity index (χ0n) is 19.6. The van der Waals surface area contributed by atoms with Gasteiger partial charge in [0.25, 0.3) is 11.8 Å². The van der Waals surface area contributed by atoms with E-state index in [1.165, 1.54) is 18.7 Å². The zero-order chi connectivity index (χ0) is 25.5. The molecule has 0 aromatic rings. The number of hydrazine groups is 1. The predicted octanol–water partition coefficient (Wildman–Crippen LogP) is -2.49. The Morgan fingerprint density at radius 3 is 2.21 bits per heavy atom. The van der Waals surface area contributed by atoms with Crippen molar-refractivity contribution in [2.75, 3.05) is 6.54 Å². The normalized spacial score (nSPS) is 18.2. The summed E-state index contributed by atoms with van der Waals surface area (Å²) in [5.74, 6) is -4.03. The highest BCUT2D eigenvalue weighted by Crippen LogP contribution is 2.19. The minimum absolute atomic E-state index is 0.300. The number of hydrogen-bond donors (Lipinski definition) is 5. The summed E-state index contributed by atoms with van der Waals surface area (Å²) in [6.07, 6.45) is -1.53. The topological polar surface area (TPSA) is 191 Å². The van der Waals surface area contributed by atoms with Crippen LogP contribution >= 0.6 is 0 Å². The molecule has 0 bridgehead atoms. The van der Waals surface area contributed by atoms with Crippen molar-refractivity contribution < 1.29 is 33.9 Å². The van der Waals surface area contributed by atoms with E-state index in [0.29, 0.717) is 19.4 Å². The Morgan fingerprint density at radius 1 is 1.09 bits per heavy atom. The van der Waals surface area contributed by atoms with Gasteiger partial charge in [0.2, 0.25) is 23.6 Å². The first-order valence-corrected chi connectivity index (χ1v) is 10.7. The van der Waals surface area contributed by atoms with Crippen molar-refractivity contribution in [1.82, 2.24) is 26.0 Å². The molecular weight excluding hydrogens is 436 g/mol. The Kier molecular flexibility index (Phi) is 10.4. The molecule has 1 rings (SSSR count). The molecule has 6 N–H and O–H groups in total. The lowest BCUT2D eigenvalue weighted by Crippen LogP contribution is -2.58. The Bertz CT molecular complexity index is 785. The monoisotopic (exact) mass is 470 g/mol. The maximum Gasteiger partial charge on any atom is 0.261 e. The van der Waals surface area contributed by atoms with Gasteiger partial charge in [0.1, 0.15) is 18.2 Å². The van der Waals surface area contributed by atoms with E-state index < -0.39 is 72.1 Å². The molecule has 1 aliphatic heterocycles. The number of carbonyl (C=O) groups is 6. The van der Waals surface area contributed by atoms with E-state index in [9.17, 15) is 33.9 Å². The average molecular weight is 471 g/mol. The molecule has 1 saturated heterocycles. The number of hydrogen-bond acceptors (Lipinski definition) is 8. The van der Waals surface area contributed by atoms with Crippen LogP contribution in [0.4, 0.5) is 0 Å². The minimum Gasteiger partial charge on any atom is -0.383 e. The van der Waals surface area contributed by atoms with E-state index in [4.69, 9.17) is 5.73 Å². The largest absolute Gasteiger partial charge is 0.383 e. The highest BCUT2D eigenvalue weighted by atomic mass is 16.3. The Morgan fingerprint density at radius 2 is 1.70 bits per heavy atom. The molecule has 1 aliphatic rings. The number of aliphatic hydroxyl groups is 1. The van der Waals surface area contributed by atoms with Crippen LogP contribution in [-0.2, 0) is 28.8 Å². The SMILES string of the molecule is CC(=O)NC(=O)C(O)CC(=O)N(NC(=O)[C@@H]1CCCN1C(=O)[C@H](C)NC(=O)[C@H](C)N)C(C)C. The number of likely N-dealkylation sites (tertiary alicyclic amines) is 1. The van der Waals surface area contributed by atoms with Crippen LogP contribution in [0.2, 0.25) is 0 Å². The van der Waals surface area contributed by atoms with Crippen molar-refractivity contribution in [2.45, 2.75) is 84.2 Å². The fourth-order valence-electron chi connectivity index (χ4n) is 3.24. The van der Waals surface area contributed by atoms with Gasteiger partial charge in [0, 0.05) is 19.5 Å². The highest BCUT2D eigenvalue weighted by Gasteiger charge is 2.38. The molecule has 186 valence electrons. The van der Waals surface area contributed by atoms with Gasteiger partial charge in [-0.3, -0.25) is 44.5 Å². The Balaban J connectivity index is 2.84. The maximum atomic E-state index is 12.9. The first kappa shape index (κ1) is 28.0. The molecule has 33 heavy (non-hydrogen) atoms. The molecule has 6 amide bonds. The molecule has 4 atom stereocenters. The quantitative estimate of drug-likeness (QED) is 0.241. The van der Waals surface area contributed by atoms with E-state index in [2.05, 4.69) is 10.7 Å². The van der Waals surface area contributed by atoms with E-state index in [0.717, 1.165) is 11.9 Å². The number of rotatable bonds is 8. The van der Waals surface area contributed by atoms with Crippen molar-refractivity contribution in [1.29, 1.82) is 0 Å². The highest BCUT2D eigenvalue weighted by molar-refractivity contribution is 5.98. The average Bonchev–Trinajstić information content (AvgIpc) is 3.19. The zero-order valence-corrected chi connectivity index (χ0v) is 19.6. The van der Waals surface area contributed by atoms with Crippen molar-refractivity contribution >= 4 is 35.4 Å². The second-order valence-electron chi connectivity index (χ2n) is 8.31. The van der Waals surface area contributed by atoms with Crippen molar-refractivity contribution in [3.05, 3.63) is 0 Å². The maximum absolute atomic E-state index is 12.9. The fourth-order valence-corrected chi connectivity index (χ4v) is 3.24. The molecule has 1 unspecified atom stereocenters. The summed E-state index contributed by atoms with van der Waals surface area (Å²) < 4.78 is 0. The van der Waals surface area contributed by atoms with Gasteiger partial charge >= 0.3 is 0 Å². The molecular formula is C20H34N6O7. The minimum atomic E-state index is -1.78. The van der Waals surface area contributed by atoms with Crippen LogP contribution in [0.3, 0.4) is 0 Å². The van der Waals surface area contributed by atoms with Gasteiger partial charge in [0.05, 0.1) is 12.5 Å². The van der Waals surface area contributed by atoms with Gasteiger partial charge < -0.3 is 21.1 Å². The molecule has 1 fully saturated rings. The lowest BCUT2D eigenvalue weighted by Gasteiger charge is -2.32. The van der Waals surface area contributed by atoms with Crippen LogP contribution in [0, 0.1) is 0 Å². The summed E-state index contributed by atoms with van der Waals surface area (Å²) in [4.78, 5) is 74.0. The summed E-state index contributed by atoms with van der Waals surface area (Å²) in [7, 11) is 0. The van der Waals surface area contributed by atoms with Gasteiger partial charge in [-0.1, -0.05) is 0 Å². The lowest BCUT2D eigenvalue weighted by molar-refractivity contribution is -0.151. The van der Waals surface area contributed by atoms with Crippen molar-refractivity contribution in [3.63, 3.8) is 0 Å². The van der Waals surface area contributed by atoms with Crippen molar-refractivity contribution in [3.8, 4) is 0 Å². The summed E-state index contributed by atoms with van der Waals surface area (Å²) in [5.41, 5.74) is 7.96. The Hall–Kier alpha value is -3.06. The number of nitrogens with one attached hydrogen (secondary N) is 3. The van der Waals surface area contributed by atoms with Crippen molar-refractivity contribution in [2.24, 2.45) is 5.73 Å². The molecule has 1 heterocycles. The van der Waals surface area contributed by atoms with Crippen LogP contribution in [0.25, 0.3) is 0 Å². The van der Waals surface area contributed by atoms with Crippen LogP contribution in [0.5, 0.6) is 0 Å². The smallest absolute Gasteiger partial charge is 0.261 e. The third-order valence-electron chi connectivity index (χ3n) is 4.97. The molecule has 13 nitrogen and oxygen atoms in total. The molecule has 0 saturated carbocycles. The number of nitrogens with two attached hydrogens (primary N) is 1. The summed E-state index contributed by atoms with van der Waals surface area (Å²) in [5, 5.41) is 15.2. The summed E-state index contributed by atoms with van der Waals surface area (Å²) in [6.45, 7) is 7.59. The third-order valence-corrected chi connectivity index (χ3v) is 4.97.